The predicted octanol–water partition coefficient (Wildman–Crippen LogP) is -3.22. The molecule has 7 rings (SSSR count). The highest BCUT2D eigenvalue weighted by molar-refractivity contribution is 5.92. The molecule has 32 heteroatoms. The zero-order valence-corrected chi connectivity index (χ0v) is 50.0. The van der Waals surface area contributed by atoms with Crippen LogP contribution in [0.4, 0.5) is 0 Å². The predicted molar refractivity (Wildman–Crippen MR) is 296 cm³/mol. The lowest BCUT2D eigenvalue weighted by Gasteiger charge is -2.42. The molecule has 6 aliphatic heterocycles. The fourth-order valence-electron chi connectivity index (χ4n) is 10.7. The molecule has 0 aromatic heterocycles. The first-order valence-corrected chi connectivity index (χ1v) is 28.7. The van der Waals surface area contributed by atoms with Gasteiger partial charge in [-0.1, -0.05) is 30.4 Å². The van der Waals surface area contributed by atoms with Crippen molar-refractivity contribution in [2.45, 2.75) is 157 Å². The Morgan fingerprint density at radius 2 is 0.791 bits per heavy atom. The molecular weight excluding hydrogens is 1220 g/mol. The quantitative estimate of drug-likeness (QED) is 0.0222. The number of ether oxygens (including phenoxy) is 15. The molecule has 504 valence electrons. The number of hydrogen-bond donors (Lipinski definition) is 11. The van der Waals surface area contributed by atoms with Crippen molar-refractivity contribution in [1.82, 2.24) is 0 Å². The van der Waals surface area contributed by atoms with Crippen molar-refractivity contribution in [3.8, 4) is 5.75 Å². The molecule has 6 aliphatic rings. The summed E-state index contributed by atoms with van der Waals surface area (Å²) in [5.74, 6) is -8.61. The van der Waals surface area contributed by atoms with E-state index in [1.54, 1.807) is 19.1 Å². The third kappa shape index (κ3) is 16.7. The first-order chi connectivity index (χ1) is 43.5. The second kappa shape index (κ2) is 32.7. The Balaban J connectivity index is 0.935. The van der Waals surface area contributed by atoms with Crippen molar-refractivity contribution in [3.05, 3.63) is 100 Å². The van der Waals surface area contributed by atoms with E-state index in [0.29, 0.717) is 5.56 Å². The van der Waals surface area contributed by atoms with E-state index in [4.69, 9.17) is 71.1 Å². The standard InChI is InChI=1S/C59H76O32/c1-7-27-30(33(51(74)77-4)21-82-54(27)89-57-48(71)45(68)42(65)36(19-60)86-57)16-39(62)80-15-14-25-10-12-26(13-11-25)85-41(64)18-32-29(9-3)56(84-23-35(32)53(76)79-6)91-59-50(73)47(70)44(67)38(88-59)24-81-40(63)17-31-28(8-2)55(83-22-34(31)52(75)78-5)90-58-49(72)46(69)43(66)37(20-61)87-58/h7-13,21-23,30-32,36-38,42-50,54-61,65-73H,14-20,24H2,1-6H3/b27-7+,28-8-,29-9+/t30-,31-,32-,36+,37+,38+,42+,43+,44+,45-,46-,47-,48+,49+,50+,54-,55-,56-,57-,58-,59-/m0/s1. The molecule has 3 saturated heterocycles. The Morgan fingerprint density at radius 3 is 1.14 bits per heavy atom. The molecular formula is C59H76O32. The van der Waals surface area contributed by atoms with Gasteiger partial charge in [-0.25, -0.2) is 14.4 Å². The smallest absolute Gasteiger partial charge is 0.337 e. The third-order valence-corrected chi connectivity index (χ3v) is 15.8. The summed E-state index contributed by atoms with van der Waals surface area (Å²) < 4.78 is 82.6. The Hall–Kier alpha value is -6.80. The van der Waals surface area contributed by atoms with Gasteiger partial charge in [0.1, 0.15) is 85.6 Å². The molecule has 0 aliphatic carbocycles. The van der Waals surface area contributed by atoms with Gasteiger partial charge in [0.05, 0.1) is 95.9 Å². The molecule has 1 aromatic carbocycles. The number of aliphatic hydroxyl groups is 11. The van der Waals surface area contributed by atoms with E-state index in [0.717, 1.165) is 40.1 Å². The Bertz CT molecular complexity index is 2900. The molecule has 0 bridgehead atoms. The van der Waals surface area contributed by atoms with Gasteiger partial charge < -0.3 is 127 Å². The van der Waals surface area contributed by atoms with E-state index in [-0.39, 0.29) is 52.2 Å². The van der Waals surface area contributed by atoms with E-state index in [1.807, 2.05) is 0 Å². The first-order valence-electron chi connectivity index (χ1n) is 28.7. The molecule has 21 atom stereocenters. The van der Waals surface area contributed by atoms with Crippen LogP contribution in [0.3, 0.4) is 0 Å². The van der Waals surface area contributed by atoms with Gasteiger partial charge in [-0.2, -0.15) is 0 Å². The van der Waals surface area contributed by atoms with Crippen molar-refractivity contribution in [2.24, 2.45) is 17.8 Å². The highest BCUT2D eigenvalue weighted by atomic mass is 16.8. The van der Waals surface area contributed by atoms with Crippen LogP contribution >= 0.6 is 0 Å². The van der Waals surface area contributed by atoms with Crippen molar-refractivity contribution < 1.29 is 156 Å². The normalized spacial score (nSPS) is 35.5. The summed E-state index contributed by atoms with van der Waals surface area (Å²) in [6.07, 6.45) is -24.3. The van der Waals surface area contributed by atoms with Gasteiger partial charge in [0.2, 0.25) is 18.9 Å². The summed E-state index contributed by atoms with van der Waals surface area (Å²) in [4.78, 5) is 79.4. The molecule has 0 amide bonds. The summed E-state index contributed by atoms with van der Waals surface area (Å²) in [5, 5.41) is 115. The fourth-order valence-corrected chi connectivity index (χ4v) is 10.7. The minimum atomic E-state index is -1.99. The van der Waals surface area contributed by atoms with Gasteiger partial charge in [0.25, 0.3) is 0 Å². The van der Waals surface area contributed by atoms with E-state index >= 15 is 0 Å². The Morgan fingerprint density at radius 1 is 0.451 bits per heavy atom. The maximum atomic E-state index is 13.7. The zero-order chi connectivity index (χ0) is 66.5. The van der Waals surface area contributed by atoms with Crippen LogP contribution in [0.5, 0.6) is 5.75 Å². The summed E-state index contributed by atoms with van der Waals surface area (Å²) >= 11 is 0. The number of esters is 6. The molecule has 0 saturated carbocycles. The second-order valence-corrected chi connectivity index (χ2v) is 21.3. The van der Waals surface area contributed by atoms with Crippen LogP contribution in [0.15, 0.2) is 94.7 Å². The van der Waals surface area contributed by atoms with E-state index in [9.17, 15) is 84.9 Å². The lowest BCUT2D eigenvalue weighted by molar-refractivity contribution is -0.328. The van der Waals surface area contributed by atoms with E-state index in [2.05, 4.69) is 0 Å². The largest absolute Gasteiger partial charge is 0.468 e. The Kier molecular flexibility index (Phi) is 25.7. The minimum absolute atomic E-state index is 0.0655. The minimum Gasteiger partial charge on any atom is -0.468 e. The number of allylic oxidation sites excluding steroid dienone is 3. The first kappa shape index (κ1) is 71.6. The number of aliphatic hydroxyl groups excluding tert-OH is 11. The number of carbonyl (C=O) groups is 6. The third-order valence-electron chi connectivity index (χ3n) is 15.8. The fraction of sp³-hybridized carbons (Fsp3) is 0.593. The number of methoxy groups -OCH3 is 3. The van der Waals surface area contributed by atoms with Gasteiger partial charge in [-0.05, 0) is 38.5 Å². The van der Waals surface area contributed by atoms with E-state index < -0.39 is 204 Å². The van der Waals surface area contributed by atoms with Crippen LogP contribution in [-0.4, -0.2) is 251 Å². The van der Waals surface area contributed by atoms with Crippen LogP contribution in [0.1, 0.15) is 45.6 Å². The van der Waals surface area contributed by atoms with Crippen molar-refractivity contribution in [2.75, 3.05) is 47.8 Å². The van der Waals surface area contributed by atoms with Crippen LogP contribution in [-0.2, 0) is 102 Å². The average molecular weight is 1300 g/mol. The maximum Gasteiger partial charge on any atom is 0.337 e. The molecule has 1 aromatic rings. The summed E-state index contributed by atoms with van der Waals surface area (Å²) in [7, 11) is 3.29. The summed E-state index contributed by atoms with van der Waals surface area (Å²) in [6.45, 7) is 2.17. The molecule has 91 heavy (non-hydrogen) atoms. The van der Waals surface area contributed by atoms with Crippen LogP contribution in [0.25, 0.3) is 0 Å². The van der Waals surface area contributed by atoms with Crippen LogP contribution in [0, 0.1) is 17.8 Å². The Labute approximate surface area is 519 Å². The number of rotatable bonds is 23. The number of hydrogen-bond acceptors (Lipinski definition) is 32. The molecule has 32 nitrogen and oxygen atoms in total. The number of benzene rings is 1. The molecule has 0 radical (unpaired) electrons. The lowest BCUT2D eigenvalue weighted by atomic mass is 9.86. The van der Waals surface area contributed by atoms with Crippen molar-refractivity contribution in [3.63, 3.8) is 0 Å². The SMILES string of the molecule is C/C=C1\[C@H](O[C@@H]2O[C@H](CO)[C@@H](O)[C@H](O)[C@H]2O)OC=C(C(=O)OC)[C@H]1CC(=O)OC[C@H]1O[C@@H](O[C@@H]2OC=C(C(=O)OC)[C@@H](CC(=O)Oc3ccc(CCOC(=O)C[C@@H]4C(C(=O)OC)=CO[C@@H](O[C@@H]5O[C@H](CO)[C@@H](O)[C@H](O)[C@H]5O)/C4=C/C)cc3)/C2=C\C)[C@H](O)[C@@H](O)[C@@H]1O. The van der Waals surface area contributed by atoms with Gasteiger partial charge >= 0.3 is 35.8 Å². The zero-order valence-electron chi connectivity index (χ0n) is 50.0. The molecule has 0 spiro atoms. The van der Waals surface area contributed by atoms with E-state index in [1.165, 1.54) is 44.2 Å². The van der Waals surface area contributed by atoms with Gasteiger partial charge in [0.15, 0.2) is 18.9 Å². The number of carbonyl (C=O) groups excluding carboxylic acids is 6. The average Bonchev–Trinajstić information content (AvgIpc) is 1.10. The van der Waals surface area contributed by atoms with Gasteiger partial charge in [0, 0.05) is 40.9 Å². The lowest BCUT2D eigenvalue weighted by Crippen LogP contribution is -2.60. The molecule has 0 unspecified atom stereocenters. The summed E-state index contributed by atoms with van der Waals surface area (Å²) in [5.41, 5.74) is 0.647. The monoisotopic (exact) mass is 1300 g/mol. The maximum absolute atomic E-state index is 13.7. The highest BCUT2D eigenvalue weighted by Gasteiger charge is 2.51. The second-order valence-electron chi connectivity index (χ2n) is 21.3. The topological polar surface area (TPSA) is 463 Å². The van der Waals surface area contributed by atoms with Crippen LogP contribution < -0.4 is 4.74 Å². The highest BCUT2D eigenvalue weighted by Crippen LogP contribution is 2.40. The van der Waals surface area contributed by atoms with Gasteiger partial charge in [-0.15, -0.1) is 0 Å². The van der Waals surface area contributed by atoms with Crippen LogP contribution in [0.2, 0.25) is 0 Å². The van der Waals surface area contributed by atoms with Crippen molar-refractivity contribution in [1.29, 1.82) is 0 Å². The molecule has 3 fully saturated rings. The van der Waals surface area contributed by atoms with Crippen molar-refractivity contribution >= 4 is 35.8 Å². The van der Waals surface area contributed by atoms with Gasteiger partial charge in [-0.3, -0.25) is 14.4 Å². The molecule has 11 N–H and O–H groups in total. The molecule has 6 heterocycles. The summed E-state index contributed by atoms with van der Waals surface area (Å²) in [6, 6.07) is 6.09.